The smallest absolute Gasteiger partial charge is 0.337 e. The summed E-state index contributed by atoms with van der Waals surface area (Å²) in [7, 11) is 1.27. The average molecular weight is 732 g/mol. The van der Waals surface area contributed by atoms with E-state index >= 15 is 0 Å². The molecule has 3 aromatic carbocycles. The number of allylic oxidation sites excluding steroid dienone is 1. The molecule has 0 spiro atoms. The SMILES string of the molecule is CCOc1cc([C@H]2NC(=O)NC(C)=C2C(=O)OC)ccc1OC[C@H](O)N/N=C\c1cc(Cl)c(OCc2ccc3c(c2)OCO3)c(Br)c1. The van der Waals surface area contributed by atoms with E-state index in [0.717, 1.165) is 5.56 Å². The summed E-state index contributed by atoms with van der Waals surface area (Å²) in [6, 6.07) is 12.8. The largest absolute Gasteiger partial charge is 0.490 e. The van der Waals surface area contributed by atoms with Crippen LogP contribution in [0.4, 0.5) is 4.79 Å². The first-order valence-corrected chi connectivity index (χ1v) is 15.6. The van der Waals surface area contributed by atoms with Crippen molar-refractivity contribution in [1.29, 1.82) is 0 Å². The first-order valence-electron chi connectivity index (χ1n) is 14.4. The number of hydrogen-bond acceptors (Lipinski definition) is 11. The molecular formula is C32H32BrClN4O9. The number of nitrogens with zero attached hydrogens (tertiary/aromatic N) is 1. The number of urea groups is 1. The number of esters is 1. The van der Waals surface area contributed by atoms with Crippen molar-refractivity contribution in [3.8, 4) is 28.7 Å². The van der Waals surface area contributed by atoms with Crippen LogP contribution >= 0.6 is 27.5 Å². The van der Waals surface area contributed by atoms with Crippen molar-refractivity contribution in [3.63, 3.8) is 0 Å². The predicted molar refractivity (Wildman–Crippen MR) is 175 cm³/mol. The van der Waals surface area contributed by atoms with Crippen molar-refractivity contribution < 1.29 is 43.1 Å². The summed E-state index contributed by atoms with van der Waals surface area (Å²) in [5, 5.41) is 20.2. The van der Waals surface area contributed by atoms with Crippen molar-refractivity contribution in [2.24, 2.45) is 5.10 Å². The molecule has 2 aliphatic heterocycles. The molecule has 0 saturated heterocycles. The molecule has 13 nitrogen and oxygen atoms in total. The maximum atomic E-state index is 12.5. The molecule has 47 heavy (non-hydrogen) atoms. The van der Waals surface area contributed by atoms with E-state index in [1.165, 1.54) is 13.3 Å². The van der Waals surface area contributed by atoms with Crippen molar-refractivity contribution in [2.75, 3.05) is 27.1 Å². The molecule has 15 heteroatoms. The second-order valence-corrected chi connectivity index (χ2v) is 11.5. The Hall–Kier alpha value is -4.66. The number of nitrogens with one attached hydrogen (secondary N) is 3. The fourth-order valence-corrected chi connectivity index (χ4v) is 5.79. The Bertz CT molecular complexity index is 1690. The van der Waals surface area contributed by atoms with E-state index in [0.29, 0.717) is 61.7 Å². The van der Waals surface area contributed by atoms with Gasteiger partial charge in [-0.2, -0.15) is 5.10 Å². The molecule has 0 aromatic heterocycles. The summed E-state index contributed by atoms with van der Waals surface area (Å²) in [6.07, 6.45) is 0.313. The molecule has 248 valence electrons. The van der Waals surface area contributed by atoms with Gasteiger partial charge in [0, 0.05) is 5.70 Å². The number of amides is 2. The minimum atomic E-state index is -1.18. The van der Waals surface area contributed by atoms with Gasteiger partial charge in [-0.25, -0.2) is 9.59 Å². The summed E-state index contributed by atoms with van der Waals surface area (Å²) in [6.45, 7) is 4.04. The Labute approximate surface area is 283 Å². The summed E-state index contributed by atoms with van der Waals surface area (Å²) in [5.41, 5.74) is 5.37. The number of hydrazone groups is 1. The number of carbonyl (C=O) groups is 2. The molecule has 0 radical (unpaired) electrons. The van der Waals surface area contributed by atoms with Gasteiger partial charge in [0.1, 0.15) is 13.2 Å². The lowest BCUT2D eigenvalue weighted by Gasteiger charge is -2.28. The van der Waals surface area contributed by atoms with Crippen molar-refractivity contribution in [3.05, 3.63) is 86.0 Å². The molecule has 2 aliphatic rings. The third kappa shape index (κ3) is 8.20. The maximum absolute atomic E-state index is 12.5. The highest BCUT2D eigenvalue weighted by molar-refractivity contribution is 9.10. The number of fused-ring (bicyclic) bond motifs is 1. The van der Waals surface area contributed by atoms with E-state index in [9.17, 15) is 14.7 Å². The summed E-state index contributed by atoms with van der Waals surface area (Å²) in [4.78, 5) is 24.6. The maximum Gasteiger partial charge on any atom is 0.337 e. The molecule has 2 atom stereocenters. The van der Waals surface area contributed by atoms with E-state index in [4.69, 9.17) is 40.0 Å². The molecule has 5 rings (SSSR count). The zero-order valence-corrected chi connectivity index (χ0v) is 27.9. The zero-order valence-electron chi connectivity index (χ0n) is 25.6. The quantitative estimate of drug-likeness (QED) is 0.0823. The molecule has 4 N–H and O–H groups in total. The van der Waals surface area contributed by atoms with Gasteiger partial charge in [-0.3, -0.25) is 5.43 Å². The topological polar surface area (TPSA) is 158 Å². The molecule has 0 bridgehead atoms. The normalized spacial score (nSPS) is 16.0. The van der Waals surface area contributed by atoms with Crippen molar-refractivity contribution in [1.82, 2.24) is 16.1 Å². The van der Waals surface area contributed by atoms with Crippen LogP contribution in [0.25, 0.3) is 0 Å². The Kier molecular flexibility index (Phi) is 11.0. The minimum Gasteiger partial charge on any atom is -0.490 e. The zero-order chi connectivity index (χ0) is 33.5. The van der Waals surface area contributed by atoms with Crippen molar-refractivity contribution >= 4 is 45.7 Å². The van der Waals surface area contributed by atoms with Crippen LogP contribution in [0, 0.1) is 0 Å². The van der Waals surface area contributed by atoms with E-state index in [2.05, 4.69) is 37.1 Å². The summed E-state index contributed by atoms with van der Waals surface area (Å²) < 4.78 is 33.8. The van der Waals surface area contributed by atoms with E-state index in [-0.39, 0.29) is 25.6 Å². The number of methoxy groups -OCH3 is 1. The highest BCUT2D eigenvalue weighted by Gasteiger charge is 2.32. The lowest BCUT2D eigenvalue weighted by molar-refractivity contribution is -0.136. The van der Waals surface area contributed by atoms with Gasteiger partial charge < -0.3 is 44.2 Å². The van der Waals surface area contributed by atoms with Crippen LogP contribution in [0.5, 0.6) is 28.7 Å². The third-order valence-electron chi connectivity index (χ3n) is 6.95. The van der Waals surface area contributed by atoms with Crippen LogP contribution in [0.2, 0.25) is 5.02 Å². The lowest BCUT2D eigenvalue weighted by atomic mass is 9.95. The van der Waals surface area contributed by atoms with E-state index in [1.807, 2.05) is 18.2 Å². The van der Waals surface area contributed by atoms with Gasteiger partial charge in [-0.1, -0.05) is 23.7 Å². The third-order valence-corrected chi connectivity index (χ3v) is 7.82. The molecular weight excluding hydrogens is 700 g/mol. The Balaban J connectivity index is 1.18. The molecule has 0 saturated carbocycles. The Morgan fingerprint density at radius 2 is 1.96 bits per heavy atom. The second-order valence-electron chi connectivity index (χ2n) is 10.2. The van der Waals surface area contributed by atoms with E-state index < -0.39 is 24.3 Å². The Morgan fingerprint density at radius 3 is 2.72 bits per heavy atom. The highest BCUT2D eigenvalue weighted by atomic mass is 79.9. The van der Waals surface area contributed by atoms with Crippen LogP contribution in [-0.4, -0.2) is 56.7 Å². The summed E-state index contributed by atoms with van der Waals surface area (Å²) in [5.74, 6) is 1.95. The number of halogens is 2. The predicted octanol–water partition coefficient (Wildman–Crippen LogP) is 4.93. The van der Waals surface area contributed by atoms with Crippen molar-refractivity contribution in [2.45, 2.75) is 32.7 Å². The van der Waals surface area contributed by atoms with Gasteiger partial charge >= 0.3 is 12.0 Å². The number of aliphatic hydroxyl groups is 1. The monoisotopic (exact) mass is 730 g/mol. The molecule has 0 fully saturated rings. The highest BCUT2D eigenvalue weighted by Crippen LogP contribution is 2.37. The van der Waals surface area contributed by atoms with Crippen LogP contribution in [0.1, 0.15) is 36.6 Å². The fraction of sp³-hybridized carbons (Fsp3) is 0.281. The fourth-order valence-electron chi connectivity index (χ4n) is 4.80. The van der Waals surface area contributed by atoms with Gasteiger partial charge in [0.25, 0.3) is 0 Å². The first kappa shape index (κ1) is 33.7. The molecule has 2 heterocycles. The molecule has 3 aromatic rings. The first-order chi connectivity index (χ1) is 22.7. The number of ether oxygens (including phenoxy) is 6. The van der Waals surface area contributed by atoms with E-state index in [1.54, 1.807) is 44.2 Å². The number of hydrogen-bond donors (Lipinski definition) is 4. The number of rotatable bonds is 13. The molecule has 2 amide bonds. The standard InChI is InChI=1S/C32H32BrClN4O9/c1-4-43-26-12-20(29-28(31(40)42-3)17(2)36-32(41)37-29)6-8-23(26)44-15-27(39)38-35-13-19-9-21(33)30(22(34)10-19)45-14-18-5-7-24-25(11-18)47-16-46-24/h5-13,27,29,38-39H,4,14-16H2,1-3H3,(H2,36,37,41)/b35-13-/t27-,29+/m0/s1. The van der Waals surface area contributed by atoms with Gasteiger partial charge in [0.2, 0.25) is 6.79 Å². The second kappa shape index (κ2) is 15.3. The van der Waals surface area contributed by atoms with Gasteiger partial charge in [0.15, 0.2) is 35.0 Å². The van der Waals surface area contributed by atoms with Crippen LogP contribution in [0.3, 0.4) is 0 Å². The van der Waals surface area contributed by atoms with Crippen LogP contribution in [0.15, 0.2) is 69.4 Å². The van der Waals surface area contributed by atoms with Gasteiger partial charge in [-0.05, 0) is 82.9 Å². The summed E-state index contributed by atoms with van der Waals surface area (Å²) >= 11 is 9.98. The molecule has 0 unspecified atom stereocenters. The van der Waals surface area contributed by atoms with Gasteiger partial charge in [0.05, 0.1) is 41.0 Å². The number of benzene rings is 3. The van der Waals surface area contributed by atoms with Gasteiger partial charge in [-0.15, -0.1) is 0 Å². The average Bonchev–Trinajstić information content (AvgIpc) is 3.51. The van der Waals surface area contributed by atoms with Crippen LogP contribution < -0.4 is 39.7 Å². The van der Waals surface area contributed by atoms with Crippen LogP contribution in [-0.2, 0) is 16.1 Å². The Morgan fingerprint density at radius 1 is 1.15 bits per heavy atom. The minimum absolute atomic E-state index is 0.176. The number of aliphatic hydroxyl groups excluding tert-OH is 1. The lowest BCUT2D eigenvalue weighted by Crippen LogP contribution is -2.45. The molecule has 0 aliphatic carbocycles. The number of carbonyl (C=O) groups excluding carboxylic acids is 2.